The van der Waals surface area contributed by atoms with Gasteiger partial charge in [0.15, 0.2) is 6.29 Å². The summed E-state index contributed by atoms with van der Waals surface area (Å²) in [7, 11) is 0. The molecule has 1 aliphatic heterocycles. The van der Waals surface area contributed by atoms with E-state index in [0.717, 1.165) is 0 Å². The highest BCUT2D eigenvalue weighted by molar-refractivity contribution is 4.76. The number of hydrogen-bond acceptors (Lipinski definition) is 4. The Hall–Kier alpha value is -0.160. The summed E-state index contributed by atoms with van der Waals surface area (Å²) >= 11 is 0. The largest absolute Gasteiger partial charge is 0.394 e. The highest BCUT2D eigenvalue weighted by Gasteiger charge is 2.33. The van der Waals surface area contributed by atoms with Crippen LogP contribution in [-0.2, 0) is 9.47 Å². The van der Waals surface area contributed by atoms with Crippen molar-refractivity contribution in [3.63, 3.8) is 0 Å². The van der Waals surface area contributed by atoms with Crippen LogP contribution in [0.2, 0.25) is 0 Å². The van der Waals surface area contributed by atoms with Crippen molar-refractivity contribution in [2.24, 2.45) is 0 Å². The van der Waals surface area contributed by atoms with Gasteiger partial charge in [-0.25, -0.2) is 0 Å². The lowest BCUT2D eigenvalue weighted by atomic mass is 10.2. The van der Waals surface area contributed by atoms with E-state index < -0.39 is 12.2 Å². The quantitative estimate of drug-likeness (QED) is 0.587. The van der Waals surface area contributed by atoms with E-state index in [1.165, 1.54) is 0 Å². The van der Waals surface area contributed by atoms with Gasteiger partial charge in [-0.2, -0.15) is 0 Å². The molecule has 1 fully saturated rings. The van der Waals surface area contributed by atoms with Crippen molar-refractivity contribution in [2.75, 3.05) is 13.2 Å². The third kappa shape index (κ3) is 2.13. The van der Waals surface area contributed by atoms with Crippen LogP contribution in [0.5, 0.6) is 0 Å². The van der Waals surface area contributed by atoms with Crippen LogP contribution in [0.3, 0.4) is 0 Å². The molecule has 66 valence electrons. The van der Waals surface area contributed by atoms with E-state index in [9.17, 15) is 5.11 Å². The van der Waals surface area contributed by atoms with E-state index in [-0.39, 0.29) is 12.9 Å². The van der Waals surface area contributed by atoms with Gasteiger partial charge in [-0.1, -0.05) is 0 Å². The van der Waals surface area contributed by atoms with Gasteiger partial charge >= 0.3 is 0 Å². The summed E-state index contributed by atoms with van der Waals surface area (Å²) in [5.41, 5.74) is 0. The topological polar surface area (TPSA) is 58.9 Å². The Bertz CT molecular complexity index is 117. The highest BCUT2D eigenvalue weighted by atomic mass is 16.7. The zero-order valence-electron chi connectivity index (χ0n) is 6.56. The summed E-state index contributed by atoms with van der Waals surface area (Å²) in [5, 5.41) is 17.9. The van der Waals surface area contributed by atoms with Gasteiger partial charge in [0.05, 0.1) is 12.7 Å². The molecular formula is C7H14O4. The van der Waals surface area contributed by atoms with Gasteiger partial charge in [0, 0.05) is 13.0 Å². The Balaban J connectivity index is 2.30. The first-order valence-electron chi connectivity index (χ1n) is 3.84. The van der Waals surface area contributed by atoms with Crippen LogP contribution in [0.25, 0.3) is 0 Å². The monoisotopic (exact) mass is 162 g/mol. The molecule has 0 bridgehead atoms. The van der Waals surface area contributed by atoms with Crippen molar-refractivity contribution < 1.29 is 19.7 Å². The summed E-state index contributed by atoms with van der Waals surface area (Å²) in [4.78, 5) is 0. The lowest BCUT2D eigenvalue weighted by Gasteiger charge is -2.10. The van der Waals surface area contributed by atoms with Crippen molar-refractivity contribution in [2.45, 2.75) is 31.8 Å². The smallest absolute Gasteiger partial charge is 0.160 e. The van der Waals surface area contributed by atoms with Crippen LogP contribution in [-0.4, -0.2) is 41.9 Å². The molecule has 1 unspecified atom stereocenters. The van der Waals surface area contributed by atoms with Gasteiger partial charge in [0.2, 0.25) is 0 Å². The second-order valence-electron chi connectivity index (χ2n) is 2.55. The molecule has 0 aliphatic carbocycles. The molecule has 11 heavy (non-hydrogen) atoms. The van der Waals surface area contributed by atoms with Crippen LogP contribution >= 0.6 is 0 Å². The maximum Gasteiger partial charge on any atom is 0.160 e. The van der Waals surface area contributed by atoms with Gasteiger partial charge in [-0.3, -0.25) is 0 Å². The normalized spacial score (nSPS) is 37.9. The number of aliphatic hydroxyl groups excluding tert-OH is 2. The fourth-order valence-corrected chi connectivity index (χ4v) is 1.15. The fourth-order valence-electron chi connectivity index (χ4n) is 1.15. The minimum absolute atomic E-state index is 0.148. The van der Waals surface area contributed by atoms with Crippen molar-refractivity contribution in [3.05, 3.63) is 0 Å². The third-order valence-electron chi connectivity index (χ3n) is 1.72. The van der Waals surface area contributed by atoms with Crippen LogP contribution in [0.15, 0.2) is 0 Å². The van der Waals surface area contributed by atoms with E-state index >= 15 is 0 Å². The molecule has 0 amide bonds. The van der Waals surface area contributed by atoms with E-state index in [2.05, 4.69) is 0 Å². The van der Waals surface area contributed by atoms with Crippen LogP contribution in [0.1, 0.15) is 13.3 Å². The highest BCUT2D eigenvalue weighted by Crippen LogP contribution is 2.20. The first kappa shape index (κ1) is 8.93. The lowest BCUT2D eigenvalue weighted by molar-refractivity contribution is -0.140. The number of aliphatic hydroxyl groups is 2. The van der Waals surface area contributed by atoms with E-state index in [0.29, 0.717) is 13.0 Å². The molecule has 1 rings (SSSR count). The van der Waals surface area contributed by atoms with Crippen LogP contribution < -0.4 is 0 Å². The molecule has 0 saturated carbocycles. The van der Waals surface area contributed by atoms with Gasteiger partial charge in [-0.05, 0) is 6.92 Å². The van der Waals surface area contributed by atoms with Crippen molar-refractivity contribution in [1.29, 1.82) is 0 Å². The summed E-state index contributed by atoms with van der Waals surface area (Å²) in [6.07, 6.45) is -0.936. The first-order chi connectivity index (χ1) is 5.27. The van der Waals surface area contributed by atoms with Crippen LogP contribution in [0, 0.1) is 0 Å². The van der Waals surface area contributed by atoms with Gasteiger partial charge < -0.3 is 19.7 Å². The predicted octanol–water partition coefficient (Wildman–Crippen LogP) is -0.509. The Morgan fingerprint density at radius 1 is 1.64 bits per heavy atom. The fraction of sp³-hybridized carbons (Fsp3) is 1.00. The van der Waals surface area contributed by atoms with Crippen molar-refractivity contribution in [1.82, 2.24) is 0 Å². The standard InChI is InChI=1S/C7H14O4/c1-2-10-7-3-5(9)6(4-8)11-7/h5-9H,2-4H2,1H3/t5-,6?,7-/m0/s1. The van der Waals surface area contributed by atoms with E-state index in [4.69, 9.17) is 14.6 Å². The zero-order chi connectivity index (χ0) is 8.27. The second kappa shape index (κ2) is 4.01. The zero-order valence-corrected chi connectivity index (χ0v) is 6.56. The Kier molecular flexibility index (Phi) is 3.26. The maximum absolute atomic E-state index is 9.22. The van der Waals surface area contributed by atoms with Crippen LogP contribution in [0.4, 0.5) is 0 Å². The predicted molar refractivity (Wildman–Crippen MR) is 38.0 cm³/mol. The van der Waals surface area contributed by atoms with E-state index in [1.807, 2.05) is 6.92 Å². The molecule has 4 heteroatoms. The maximum atomic E-state index is 9.22. The molecule has 2 N–H and O–H groups in total. The summed E-state index contributed by atoms with van der Waals surface area (Å²) < 4.78 is 10.3. The molecule has 4 nitrogen and oxygen atoms in total. The average Bonchev–Trinajstić information content (AvgIpc) is 2.32. The molecule has 0 aromatic carbocycles. The van der Waals surface area contributed by atoms with Gasteiger partial charge in [0.25, 0.3) is 0 Å². The molecular weight excluding hydrogens is 148 g/mol. The lowest BCUT2D eigenvalue weighted by Crippen LogP contribution is -2.24. The van der Waals surface area contributed by atoms with Crippen molar-refractivity contribution in [3.8, 4) is 0 Å². The third-order valence-corrected chi connectivity index (χ3v) is 1.72. The van der Waals surface area contributed by atoms with Gasteiger partial charge in [-0.15, -0.1) is 0 Å². The molecule has 0 aromatic rings. The summed E-state index contributed by atoms with van der Waals surface area (Å²) in [6.45, 7) is 2.28. The molecule has 0 spiro atoms. The minimum atomic E-state index is -0.587. The Labute approximate surface area is 65.7 Å². The Morgan fingerprint density at radius 3 is 2.82 bits per heavy atom. The Morgan fingerprint density at radius 2 is 2.36 bits per heavy atom. The van der Waals surface area contributed by atoms with Crippen molar-refractivity contribution >= 4 is 0 Å². The summed E-state index contributed by atoms with van der Waals surface area (Å²) in [5.74, 6) is 0. The number of hydrogen-bond donors (Lipinski definition) is 2. The molecule has 0 radical (unpaired) electrons. The second-order valence-corrected chi connectivity index (χ2v) is 2.55. The average molecular weight is 162 g/mol. The molecule has 1 heterocycles. The number of rotatable bonds is 3. The SMILES string of the molecule is CCO[C@@H]1C[C@H](O)C(CO)O1. The first-order valence-corrected chi connectivity index (χ1v) is 3.84. The molecule has 0 aromatic heterocycles. The molecule has 1 saturated heterocycles. The van der Waals surface area contributed by atoms with Gasteiger partial charge in [0.1, 0.15) is 6.10 Å². The van der Waals surface area contributed by atoms with E-state index in [1.54, 1.807) is 0 Å². The molecule has 1 aliphatic rings. The minimum Gasteiger partial charge on any atom is -0.394 e. The summed E-state index contributed by atoms with van der Waals surface area (Å²) in [6, 6.07) is 0. The number of ether oxygens (including phenoxy) is 2. The molecule has 3 atom stereocenters.